The van der Waals surface area contributed by atoms with Crippen LogP contribution in [0.15, 0.2) is 6.20 Å². The molecule has 0 spiro atoms. The highest BCUT2D eigenvalue weighted by Crippen LogP contribution is 2.33. The van der Waals surface area contributed by atoms with E-state index in [-0.39, 0.29) is 9.13 Å². The van der Waals surface area contributed by atoms with Crippen LogP contribution in [0.2, 0.25) is 0 Å². The van der Waals surface area contributed by atoms with Crippen molar-refractivity contribution in [3.8, 4) is 5.88 Å². The van der Waals surface area contributed by atoms with E-state index in [0.717, 1.165) is 6.20 Å². The van der Waals surface area contributed by atoms with Gasteiger partial charge < -0.3 is 4.74 Å². The van der Waals surface area contributed by atoms with Crippen molar-refractivity contribution in [2.45, 2.75) is 13.3 Å². The summed E-state index contributed by atoms with van der Waals surface area (Å²) in [7, 11) is 0. The number of ether oxygens (including phenoxy) is 1. The normalized spacial score (nSPS) is 11.3. The molecule has 0 amide bonds. The first-order chi connectivity index (χ1) is 7.22. The molecular formula is C7H4F3IN2O3. The smallest absolute Gasteiger partial charge is 0.386 e. The van der Waals surface area contributed by atoms with Crippen molar-refractivity contribution in [2.24, 2.45) is 0 Å². The third kappa shape index (κ3) is 2.93. The second kappa shape index (κ2) is 4.39. The Balaban J connectivity index is 3.24. The Hall–Kier alpha value is -1.13. The van der Waals surface area contributed by atoms with Crippen LogP contribution in [0.5, 0.6) is 5.88 Å². The van der Waals surface area contributed by atoms with E-state index < -0.39 is 22.9 Å². The Bertz CT molecular complexity index is 436. The highest BCUT2D eigenvalue weighted by atomic mass is 127. The topological polar surface area (TPSA) is 65.3 Å². The summed E-state index contributed by atoms with van der Waals surface area (Å²) in [5.41, 5.74) is -0.265. The van der Waals surface area contributed by atoms with Gasteiger partial charge in [0.25, 0.3) is 5.69 Å². The van der Waals surface area contributed by atoms with E-state index in [4.69, 9.17) is 0 Å². The van der Waals surface area contributed by atoms with Crippen LogP contribution < -0.4 is 4.74 Å². The van der Waals surface area contributed by atoms with Crippen molar-refractivity contribution < 1.29 is 22.8 Å². The van der Waals surface area contributed by atoms with Gasteiger partial charge in [0, 0.05) is 11.8 Å². The molecule has 0 aliphatic carbocycles. The van der Waals surface area contributed by atoms with Crippen molar-refractivity contribution in [3.63, 3.8) is 0 Å². The highest BCUT2D eigenvalue weighted by Gasteiger charge is 2.34. The number of hydrogen-bond acceptors (Lipinski definition) is 4. The molecule has 1 aromatic rings. The lowest BCUT2D eigenvalue weighted by molar-refractivity contribution is -0.386. The average Bonchev–Trinajstić information content (AvgIpc) is 2.07. The fourth-order valence-electron chi connectivity index (χ4n) is 0.953. The molecule has 0 radical (unpaired) electrons. The number of hydrogen-bond donors (Lipinski definition) is 0. The molecule has 0 aromatic carbocycles. The Morgan fingerprint density at radius 3 is 2.56 bits per heavy atom. The van der Waals surface area contributed by atoms with Gasteiger partial charge >= 0.3 is 6.36 Å². The standard InChI is InChI=1S/C7H4F3IN2O3/c1-3-2-12-6(16-7(8,9)10)4(11)5(3)13(14)15/h2H,1H3. The summed E-state index contributed by atoms with van der Waals surface area (Å²) in [6.45, 7) is 1.38. The molecule has 0 N–H and O–H groups in total. The summed E-state index contributed by atoms with van der Waals surface area (Å²) in [5.74, 6) is -0.814. The number of nitrogens with zero attached hydrogens (tertiary/aromatic N) is 2. The maximum absolute atomic E-state index is 11.9. The molecule has 0 saturated carbocycles. The molecule has 0 unspecified atom stereocenters. The molecule has 0 bridgehead atoms. The third-order valence-electron chi connectivity index (χ3n) is 1.54. The molecule has 1 heterocycles. The predicted octanol–water partition coefficient (Wildman–Crippen LogP) is 2.80. The lowest BCUT2D eigenvalue weighted by Gasteiger charge is -2.09. The first kappa shape index (κ1) is 12.9. The van der Waals surface area contributed by atoms with Gasteiger partial charge in [0.15, 0.2) is 3.57 Å². The van der Waals surface area contributed by atoms with E-state index in [2.05, 4.69) is 9.72 Å². The maximum atomic E-state index is 11.9. The first-order valence-electron chi connectivity index (χ1n) is 3.77. The fourth-order valence-corrected chi connectivity index (χ4v) is 1.82. The quantitative estimate of drug-likeness (QED) is 0.468. The molecule has 1 aromatic heterocycles. The van der Waals surface area contributed by atoms with Gasteiger partial charge in [-0.3, -0.25) is 10.1 Å². The van der Waals surface area contributed by atoms with E-state index in [0.29, 0.717) is 0 Å². The van der Waals surface area contributed by atoms with Crippen LogP contribution >= 0.6 is 22.6 Å². The van der Waals surface area contributed by atoms with Gasteiger partial charge in [-0.05, 0) is 29.5 Å². The van der Waals surface area contributed by atoms with Gasteiger partial charge in [0.1, 0.15) is 0 Å². The van der Waals surface area contributed by atoms with Crippen molar-refractivity contribution in [3.05, 3.63) is 25.4 Å². The van der Waals surface area contributed by atoms with Crippen LogP contribution in [0.1, 0.15) is 5.56 Å². The van der Waals surface area contributed by atoms with E-state index in [1.165, 1.54) is 29.5 Å². The van der Waals surface area contributed by atoms with Gasteiger partial charge in [-0.2, -0.15) is 0 Å². The lowest BCUT2D eigenvalue weighted by atomic mass is 10.3. The van der Waals surface area contributed by atoms with Crippen LogP contribution in [0, 0.1) is 20.6 Å². The van der Waals surface area contributed by atoms with Crippen molar-refractivity contribution >= 4 is 28.3 Å². The van der Waals surface area contributed by atoms with Crippen LogP contribution in [0.4, 0.5) is 18.9 Å². The van der Waals surface area contributed by atoms with Crippen LogP contribution in [-0.4, -0.2) is 16.3 Å². The van der Waals surface area contributed by atoms with Gasteiger partial charge in [-0.25, -0.2) is 4.98 Å². The molecule has 0 aliphatic heterocycles. The average molecular weight is 348 g/mol. The largest absolute Gasteiger partial charge is 0.574 e. The molecule has 16 heavy (non-hydrogen) atoms. The van der Waals surface area contributed by atoms with E-state index >= 15 is 0 Å². The Morgan fingerprint density at radius 1 is 1.56 bits per heavy atom. The first-order valence-corrected chi connectivity index (χ1v) is 4.85. The van der Waals surface area contributed by atoms with E-state index in [9.17, 15) is 23.3 Å². The molecule has 1 rings (SSSR count). The zero-order valence-corrected chi connectivity index (χ0v) is 9.87. The Morgan fingerprint density at radius 2 is 2.12 bits per heavy atom. The minimum absolute atomic E-state index is 0.170. The summed E-state index contributed by atoms with van der Waals surface area (Å²) in [6.07, 6.45) is -3.96. The number of rotatable bonds is 2. The summed E-state index contributed by atoms with van der Waals surface area (Å²) < 4.78 is 39.0. The van der Waals surface area contributed by atoms with Crippen LogP contribution in [0.25, 0.3) is 0 Å². The van der Waals surface area contributed by atoms with Crippen molar-refractivity contribution in [1.82, 2.24) is 4.98 Å². The maximum Gasteiger partial charge on any atom is 0.574 e. The second-order valence-electron chi connectivity index (χ2n) is 2.71. The van der Waals surface area contributed by atoms with Gasteiger partial charge in [-0.15, -0.1) is 13.2 Å². The van der Waals surface area contributed by atoms with Crippen LogP contribution in [0.3, 0.4) is 0 Å². The third-order valence-corrected chi connectivity index (χ3v) is 2.51. The Labute approximate surface area is 101 Å². The summed E-state index contributed by atoms with van der Waals surface area (Å²) >= 11 is 1.39. The monoisotopic (exact) mass is 348 g/mol. The number of aromatic nitrogens is 1. The van der Waals surface area contributed by atoms with Gasteiger partial charge in [0.2, 0.25) is 5.88 Å². The minimum Gasteiger partial charge on any atom is -0.386 e. The molecule has 5 nitrogen and oxygen atoms in total. The van der Waals surface area contributed by atoms with E-state index in [1.807, 2.05) is 0 Å². The number of nitro groups is 1. The SMILES string of the molecule is Cc1cnc(OC(F)(F)F)c(I)c1[N+](=O)[O-]. The minimum atomic E-state index is -4.92. The zero-order valence-electron chi connectivity index (χ0n) is 7.71. The molecule has 88 valence electrons. The molecule has 0 saturated heterocycles. The van der Waals surface area contributed by atoms with Gasteiger partial charge in [0.05, 0.1) is 4.92 Å². The second-order valence-corrected chi connectivity index (χ2v) is 3.79. The summed E-state index contributed by atoms with van der Waals surface area (Å²) in [6, 6.07) is 0. The summed E-state index contributed by atoms with van der Waals surface area (Å²) in [4.78, 5) is 13.2. The lowest BCUT2D eigenvalue weighted by Crippen LogP contribution is -2.19. The number of pyridine rings is 1. The molecular weight excluding hydrogens is 344 g/mol. The van der Waals surface area contributed by atoms with Crippen molar-refractivity contribution in [1.29, 1.82) is 0 Å². The van der Waals surface area contributed by atoms with E-state index in [1.54, 1.807) is 0 Å². The fraction of sp³-hybridized carbons (Fsp3) is 0.286. The summed E-state index contributed by atoms with van der Waals surface area (Å²) in [5, 5.41) is 10.6. The molecule has 9 heteroatoms. The number of halogens is 4. The molecule has 0 atom stereocenters. The van der Waals surface area contributed by atoms with Gasteiger partial charge in [-0.1, -0.05) is 0 Å². The zero-order chi connectivity index (χ0) is 12.5. The highest BCUT2D eigenvalue weighted by molar-refractivity contribution is 14.1. The van der Waals surface area contributed by atoms with Crippen LogP contribution in [-0.2, 0) is 0 Å². The predicted molar refractivity (Wildman–Crippen MR) is 55.0 cm³/mol. The molecule has 0 fully saturated rings. The molecule has 0 aliphatic rings. The Kier molecular flexibility index (Phi) is 3.55. The number of alkyl halides is 3. The van der Waals surface area contributed by atoms with Crippen molar-refractivity contribution in [2.75, 3.05) is 0 Å². The number of aryl methyl sites for hydroxylation is 1.